The summed E-state index contributed by atoms with van der Waals surface area (Å²) in [6.45, 7) is 11.1. The van der Waals surface area contributed by atoms with Gasteiger partial charge in [-0.25, -0.2) is 4.98 Å². The van der Waals surface area contributed by atoms with Crippen LogP contribution in [0.4, 0.5) is 11.8 Å². The maximum Gasteiger partial charge on any atom is 0.227 e. The van der Waals surface area contributed by atoms with Gasteiger partial charge in [-0.3, -0.25) is 4.90 Å². The number of aromatic nitrogens is 2. The fourth-order valence-corrected chi connectivity index (χ4v) is 3.32. The highest BCUT2D eigenvalue weighted by atomic mass is 79.9. The molecule has 3 heterocycles. The van der Waals surface area contributed by atoms with E-state index in [0.717, 1.165) is 62.1 Å². The molecule has 6 heteroatoms. The van der Waals surface area contributed by atoms with Gasteiger partial charge >= 0.3 is 0 Å². The van der Waals surface area contributed by atoms with Crippen molar-refractivity contribution < 1.29 is 0 Å². The van der Waals surface area contributed by atoms with Crippen LogP contribution in [0, 0.1) is 0 Å². The van der Waals surface area contributed by atoms with Crippen LogP contribution in [0.5, 0.6) is 0 Å². The molecule has 114 valence electrons. The van der Waals surface area contributed by atoms with Crippen molar-refractivity contribution in [3.63, 3.8) is 0 Å². The Morgan fingerprint density at radius 3 is 2.48 bits per heavy atom. The van der Waals surface area contributed by atoms with Crippen molar-refractivity contribution in [3.05, 3.63) is 23.3 Å². The van der Waals surface area contributed by atoms with E-state index in [1.807, 2.05) is 12.3 Å². The Morgan fingerprint density at radius 1 is 1.10 bits per heavy atom. The molecule has 0 atom stereocenters. The molecule has 2 fully saturated rings. The minimum Gasteiger partial charge on any atom is -0.356 e. The number of halogens is 1. The molecule has 2 aliphatic rings. The average molecular weight is 352 g/mol. The highest BCUT2D eigenvalue weighted by molar-refractivity contribution is 9.11. The first-order valence-electron chi connectivity index (χ1n) is 7.61. The Kier molecular flexibility index (Phi) is 4.75. The summed E-state index contributed by atoms with van der Waals surface area (Å²) < 4.78 is 1.04. The smallest absolute Gasteiger partial charge is 0.227 e. The minimum absolute atomic E-state index is 0.872. The lowest BCUT2D eigenvalue weighted by Gasteiger charge is -2.34. The Balaban J connectivity index is 1.62. The Bertz CT molecular complexity index is 493. The van der Waals surface area contributed by atoms with E-state index < -0.39 is 0 Å². The van der Waals surface area contributed by atoms with Gasteiger partial charge in [0.05, 0.1) is 0 Å². The third kappa shape index (κ3) is 3.74. The van der Waals surface area contributed by atoms with E-state index in [1.54, 1.807) is 0 Å². The molecule has 2 saturated heterocycles. The zero-order valence-electron chi connectivity index (χ0n) is 12.3. The molecule has 0 unspecified atom stereocenters. The molecule has 3 rings (SSSR count). The van der Waals surface area contributed by atoms with E-state index in [-0.39, 0.29) is 0 Å². The first kappa shape index (κ1) is 14.8. The van der Waals surface area contributed by atoms with Gasteiger partial charge in [-0.1, -0.05) is 22.5 Å². The van der Waals surface area contributed by atoms with Crippen molar-refractivity contribution in [2.45, 2.75) is 12.8 Å². The number of anilines is 2. The summed E-state index contributed by atoms with van der Waals surface area (Å²) in [6.07, 6.45) is 4.44. The fraction of sp³-hybridized carbons (Fsp3) is 0.600. The molecule has 0 amide bonds. The van der Waals surface area contributed by atoms with Gasteiger partial charge in [0, 0.05) is 56.5 Å². The van der Waals surface area contributed by atoms with Gasteiger partial charge < -0.3 is 9.80 Å². The molecule has 0 radical (unpaired) electrons. The molecule has 5 nitrogen and oxygen atoms in total. The second kappa shape index (κ2) is 6.75. The van der Waals surface area contributed by atoms with Crippen LogP contribution in [0.2, 0.25) is 0 Å². The van der Waals surface area contributed by atoms with Crippen LogP contribution in [0.3, 0.4) is 0 Å². The molecule has 1 aromatic heterocycles. The van der Waals surface area contributed by atoms with Gasteiger partial charge in [-0.05, 0) is 18.9 Å². The molecule has 0 aromatic carbocycles. The van der Waals surface area contributed by atoms with Crippen LogP contribution >= 0.6 is 15.9 Å². The largest absolute Gasteiger partial charge is 0.356 e. The van der Waals surface area contributed by atoms with Crippen LogP contribution in [-0.4, -0.2) is 60.7 Å². The van der Waals surface area contributed by atoms with Crippen LogP contribution in [-0.2, 0) is 0 Å². The number of nitrogens with zero attached hydrogens (tertiary/aromatic N) is 5. The fourth-order valence-electron chi connectivity index (χ4n) is 2.96. The lowest BCUT2D eigenvalue weighted by molar-refractivity contribution is 0.281. The summed E-state index contributed by atoms with van der Waals surface area (Å²) >= 11 is 3.44. The Labute approximate surface area is 134 Å². The maximum absolute atomic E-state index is 4.76. The van der Waals surface area contributed by atoms with E-state index >= 15 is 0 Å². The summed E-state index contributed by atoms with van der Waals surface area (Å²) in [6, 6.07) is 2.03. The highest BCUT2D eigenvalue weighted by Crippen LogP contribution is 2.20. The zero-order valence-corrected chi connectivity index (χ0v) is 13.9. The van der Waals surface area contributed by atoms with E-state index in [0.29, 0.717) is 0 Å². The van der Waals surface area contributed by atoms with Crippen LogP contribution in [0.25, 0.3) is 0 Å². The van der Waals surface area contributed by atoms with Gasteiger partial charge in [0.25, 0.3) is 0 Å². The van der Waals surface area contributed by atoms with Crippen molar-refractivity contribution in [1.29, 1.82) is 0 Å². The van der Waals surface area contributed by atoms with E-state index in [1.165, 1.54) is 12.8 Å². The van der Waals surface area contributed by atoms with Crippen molar-refractivity contribution in [1.82, 2.24) is 14.9 Å². The summed E-state index contributed by atoms with van der Waals surface area (Å²) in [5.41, 5.74) is 0. The Morgan fingerprint density at radius 2 is 1.81 bits per heavy atom. The van der Waals surface area contributed by atoms with E-state index in [4.69, 9.17) is 4.98 Å². The Hall–Kier alpha value is -1.14. The standard InChI is InChI=1S/C15H22BrN5/c1-13(16)12-19-8-10-21(11-9-19)15-17-5-4-14(18-15)20-6-2-3-7-20/h4-5H,1-3,6-12H2. The summed E-state index contributed by atoms with van der Waals surface area (Å²) in [4.78, 5) is 16.3. The van der Waals surface area contributed by atoms with Crippen LogP contribution < -0.4 is 9.80 Å². The maximum atomic E-state index is 4.76. The molecule has 21 heavy (non-hydrogen) atoms. The third-order valence-electron chi connectivity index (χ3n) is 4.11. The normalized spacial score (nSPS) is 20.0. The minimum atomic E-state index is 0.872. The van der Waals surface area contributed by atoms with E-state index in [9.17, 15) is 0 Å². The predicted octanol–water partition coefficient (Wildman–Crippen LogP) is 2.11. The monoisotopic (exact) mass is 351 g/mol. The number of hydrogen-bond donors (Lipinski definition) is 0. The lowest BCUT2D eigenvalue weighted by Crippen LogP contribution is -2.47. The second-order valence-electron chi connectivity index (χ2n) is 5.69. The van der Waals surface area contributed by atoms with Gasteiger partial charge in [-0.2, -0.15) is 4.98 Å². The molecule has 0 aliphatic carbocycles. The molecule has 0 N–H and O–H groups in total. The first-order valence-corrected chi connectivity index (χ1v) is 8.40. The molecule has 1 aromatic rings. The molecule has 0 bridgehead atoms. The van der Waals surface area contributed by atoms with Gasteiger partial charge in [0.2, 0.25) is 5.95 Å². The van der Waals surface area contributed by atoms with Crippen molar-refractivity contribution in [2.24, 2.45) is 0 Å². The summed E-state index contributed by atoms with van der Waals surface area (Å²) in [5.74, 6) is 1.95. The number of hydrogen-bond acceptors (Lipinski definition) is 5. The molecule has 2 aliphatic heterocycles. The van der Waals surface area contributed by atoms with Crippen molar-refractivity contribution >= 4 is 27.7 Å². The predicted molar refractivity (Wildman–Crippen MR) is 90.2 cm³/mol. The highest BCUT2D eigenvalue weighted by Gasteiger charge is 2.20. The van der Waals surface area contributed by atoms with Crippen molar-refractivity contribution in [2.75, 3.05) is 55.6 Å². The topological polar surface area (TPSA) is 35.5 Å². The van der Waals surface area contributed by atoms with E-state index in [2.05, 4.69) is 42.2 Å². The lowest BCUT2D eigenvalue weighted by atomic mass is 10.3. The summed E-state index contributed by atoms with van der Waals surface area (Å²) in [5, 5.41) is 0. The number of piperazine rings is 1. The zero-order chi connectivity index (χ0) is 14.7. The SMILES string of the molecule is C=C(Br)CN1CCN(c2nccc(N3CCCC3)n2)CC1. The molecule has 0 saturated carbocycles. The molecular weight excluding hydrogens is 330 g/mol. The first-order chi connectivity index (χ1) is 10.2. The average Bonchev–Trinajstić information content (AvgIpc) is 3.02. The third-order valence-corrected chi connectivity index (χ3v) is 4.36. The molecular formula is C15H22BrN5. The molecule has 0 spiro atoms. The summed E-state index contributed by atoms with van der Waals surface area (Å²) in [7, 11) is 0. The quantitative estimate of drug-likeness (QED) is 0.830. The van der Waals surface area contributed by atoms with Crippen molar-refractivity contribution in [3.8, 4) is 0 Å². The second-order valence-corrected chi connectivity index (χ2v) is 6.81. The van der Waals surface area contributed by atoms with Gasteiger partial charge in [0.1, 0.15) is 5.82 Å². The van der Waals surface area contributed by atoms with Crippen LogP contribution in [0.1, 0.15) is 12.8 Å². The van der Waals surface area contributed by atoms with Gasteiger partial charge in [-0.15, -0.1) is 0 Å². The number of rotatable bonds is 4. The van der Waals surface area contributed by atoms with Crippen LogP contribution in [0.15, 0.2) is 23.3 Å². The van der Waals surface area contributed by atoms with Gasteiger partial charge in [0.15, 0.2) is 0 Å².